The molecule has 0 spiro atoms. The van der Waals surface area contributed by atoms with E-state index < -0.39 is 0 Å². The van der Waals surface area contributed by atoms with Crippen LogP contribution in [0.5, 0.6) is 0 Å². The molecule has 25 heavy (non-hydrogen) atoms. The van der Waals surface area contributed by atoms with Crippen LogP contribution in [0, 0.1) is 5.92 Å². The van der Waals surface area contributed by atoms with Gasteiger partial charge >= 0.3 is 0 Å². The molecule has 0 bridgehead atoms. The van der Waals surface area contributed by atoms with E-state index in [0.717, 1.165) is 27.2 Å². The summed E-state index contributed by atoms with van der Waals surface area (Å²) in [4.78, 5) is 17.5. The number of aliphatic imine (C=N–C) groups is 1. The fourth-order valence-electron chi connectivity index (χ4n) is 2.21. The Labute approximate surface area is 150 Å². The third-order valence-corrected chi connectivity index (χ3v) is 4.57. The summed E-state index contributed by atoms with van der Waals surface area (Å²) in [6.07, 6.45) is 5.30. The molecule has 0 radical (unpaired) electrons. The van der Waals surface area contributed by atoms with Crippen molar-refractivity contribution in [2.75, 3.05) is 0 Å². The molecule has 3 heterocycles. The molecule has 126 valence electrons. The van der Waals surface area contributed by atoms with Crippen LogP contribution < -0.4 is 11.1 Å². The van der Waals surface area contributed by atoms with E-state index in [-0.39, 0.29) is 5.92 Å². The minimum atomic E-state index is 0.227. The summed E-state index contributed by atoms with van der Waals surface area (Å²) in [5.74, 6) is 0.747. The van der Waals surface area contributed by atoms with Gasteiger partial charge in [0, 0.05) is 47.4 Å². The van der Waals surface area contributed by atoms with Crippen LogP contribution in [-0.4, -0.2) is 25.2 Å². The smallest absolute Gasteiger partial charge is 0.217 e. The van der Waals surface area contributed by atoms with Gasteiger partial charge in [0.15, 0.2) is 11.0 Å². The summed E-state index contributed by atoms with van der Waals surface area (Å²) in [6.45, 7) is 4.02. The zero-order valence-corrected chi connectivity index (χ0v) is 14.9. The lowest BCUT2D eigenvalue weighted by Crippen LogP contribution is -2.41. The number of nitrogens with two attached hydrogens (primary N) is 2. The predicted octanol–water partition coefficient (Wildman–Crippen LogP) is 2.18. The fourth-order valence-corrected chi connectivity index (χ4v) is 2.82. The Hall–Kier alpha value is -2.80. The topological polar surface area (TPSA) is 103 Å². The number of aromatic nitrogens is 3. The highest BCUT2D eigenvalue weighted by Crippen LogP contribution is 2.27. The van der Waals surface area contributed by atoms with Crippen molar-refractivity contribution in [1.82, 2.24) is 15.0 Å². The predicted molar refractivity (Wildman–Crippen MR) is 103 cm³/mol. The number of nitrogens with zero attached hydrogens (tertiary/aromatic N) is 4. The molecule has 3 aromatic rings. The van der Waals surface area contributed by atoms with Crippen molar-refractivity contribution in [2.45, 2.75) is 13.8 Å². The van der Waals surface area contributed by atoms with E-state index in [1.807, 2.05) is 38.1 Å². The standard InChI is InChI=1S/C18H18N6S/c1-11(2)17(19)25-18(20)24-15-6-5-14-16(23-15)13(7-9-22-14)12-4-3-8-21-10-12/h3-11,19H,1-2H3,(H2,20,23,24)/p+1. The maximum absolute atomic E-state index is 5.98. The highest BCUT2D eigenvalue weighted by Gasteiger charge is 2.12. The average Bonchev–Trinajstić information content (AvgIpc) is 2.61. The molecule has 0 amide bonds. The minimum Gasteiger partial charge on any atom is -0.378 e. The maximum atomic E-state index is 5.98. The number of fused-ring (bicyclic) bond motifs is 1. The zero-order valence-electron chi connectivity index (χ0n) is 14.0. The number of thioether (sulfide) groups is 1. The Balaban J connectivity index is 2.01. The maximum Gasteiger partial charge on any atom is 0.217 e. The highest BCUT2D eigenvalue weighted by molar-refractivity contribution is 8.26. The first-order valence-corrected chi connectivity index (χ1v) is 8.66. The number of amidine groups is 1. The Bertz CT molecular complexity index is 937. The van der Waals surface area contributed by atoms with E-state index in [2.05, 4.69) is 19.9 Å². The molecule has 6 nitrogen and oxygen atoms in total. The zero-order chi connectivity index (χ0) is 17.8. The second-order valence-electron chi connectivity index (χ2n) is 5.75. The van der Waals surface area contributed by atoms with Crippen LogP contribution in [0.15, 0.2) is 53.9 Å². The molecule has 4 N–H and O–H groups in total. The van der Waals surface area contributed by atoms with Crippen molar-refractivity contribution in [1.29, 1.82) is 0 Å². The van der Waals surface area contributed by atoms with Gasteiger partial charge < -0.3 is 5.73 Å². The van der Waals surface area contributed by atoms with Gasteiger partial charge in [-0.2, -0.15) is 0 Å². The molecule has 3 rings (SSSR count). The van der Waals surface area contributed by atoms with Crippen molar-refractivity contribution >= 4 is 38.8 Å². The molecule has 7 heteroatoms. The van der Waals surface area contributed by atoms with Crippen LogP contribution in [0.25, 0.3) is 22.2 Å². The van der Waals surface area contributed by atoms with Crippen LogP contribution in [0.1, 0.15) is 13.8 Å². The molecule has 0 saturated heterocycles. The third kappa shape index (κ3) is 4.00. The molecule has 0 atom stereocenters. The van der Waals surface area contributed by atoms with E-state index in [1.165, 1.54) is 11.8 Å². The van der Waals surface area contributed by atoms with Gasteiger partial charge in [0.25, 0.3) is 0 Å². The number of hydrogen-bond donors (Lipinski definition) is 2. The van der Waals surface area contributed by atoms with Gasteiger partial charge in [0.2, 0.25) is 5.04 Å². The lowest BCUT2D eigenvalue weighted by molar-refractivity contribution is -0.113. The number of rotatable bonds is 3. The van der Waals surface area contributed by atoms with E-state index >= 15 is 0 Å². The average molecular weight is 351 g/mol. The lowest BCUT2D eigenvalue weighted by atomic mass is 10.1. The van der Waals surface area contributed by atoms with E-state index in [9.17, 15) is 0 Å². The molecular formula is C18H19N6S+. The molecule has 0 saturated carbocycles. The van der Waals surface area contributed by atoms with Crippen molar-refractivity contribution in [2.24, 2.45) is 16.6 Å². The third-order valence-electron chi connectivity index (χ3n) is 3.56. The second-order valence-corrected chi connectivity index (χ2v) is 6.84. The Morgan fingerprint density at radius 1 is 1.20 bits per heavy atom. The van der Waals surface area contributed by atoms with Gasteiger partial charge in [-0.1, -0.05) is 19.9 Å². The van der Waals surface area contributed by atoms with Crippen LogP contribution in [0.3, 0.4) is 0 Å². The quantitative estimate of drug-likeness (QED) is 0.556. The van der Waals surface area contributed by atoms with E-state index in [4.69, 9.17) is 11.1 Å². The van der Waals surface area contributed by atoms with Gasteiger partial charge in [-0.15, -0.1) is 0 Å². The summed E-state index contributed by atoms with van der Waals surface area (Å²) in [5.41, 5.74) is 9.46. The summed E-state index contributed by atoms with van der Waals surface area (Å²) in [7, 11) is 0. The minimum absolute atomic E-state index is 0.227. The number of hydrogen-bond acceptors (Lipinski definition) is 5. The largest absolute Gasteiger partial charge is 0.378 e. The van der Waals surface area contributed by atoms with Crippen molar-refractivity contribution in [3.05, 3.63) is 48.9 Å². The summed E-state index contributed by atoms with van der Waals surface area (Å²) >= 11 is 1.27. The van der Waals surface area contributed by atoms with E-state index in [0.29, 0.717) is 11.0 Å². The molecule has 0 aliphatic carbocycles. The van der Waals surface area contributed by atoms with Gasteiger partial charge in [-0.05, 0) is 24.3 Å². The van der Waals surface area contributed by atoms with E-state index in [1.54, 1.807) is 24.7 Å². The van der Waals surface area contributed by atoms with Crippen LogP contribution in [0.4, 0.5) is 5.82 Å². The second kappa shape index (κ2) is 7.40. The normalized spacial score (nSPS) is 11.9. The molecule has 0 aliphatic heterocycles. The van der Waals surface area contributed by atoms with Gasteiger partial charge in [-0.3, -0.25) is 15.4 Å². The monoisotopic (exact) mass is 351 g/mol. The Morgan fingerprint density at radius 3 is 2.76 bits per heavy atom. The fraction of sp³-hybridized carbons (Fsp3) is 0.167. The van der Waals surface area contributed by atoms with Crippen LogP contribution in [-0.2, 0) is 0 Å². The Morgan fingerprint density at radius 2 is 2.04 bits per heavy atom. The van der Waals surface area contributed by atoms with Crippen LogP contribution >= 0.6 is 11.8 Å². The molecule has 0 aromatic carbocycles. The first-order valence-electron chi connectivity index (χ1n) is 7.85. The van der Waals surface area contributed by atoms with Crippen molar-refractivity contribution < 1.29 is 5.41 Å². The highest BCUT2D eigenvalue weighted by atomic mass is 32.2. The number of pyridine rings is 3. The molecule has 3 aromatic heterocycles. The van der Waals surface area contributed by atoms with Crippen molar-refractivity contribution in [3.63, 3.8) is 0 Å². The van der Waals surface area contributed by atoms with Crippen LogP contribution in [0.2, 0.25) is 0 Å². The first-order chi connectivity index (χ1) is 12.0. The van der Waals surface area contributed by atoms with Gasteiger partial charge in [0.1, 0.15) is 0 Å². The first kappa shape index (κ1) is 17.0. The molecule has 0 fully saturated rings. The summed E-state index contributed by atoms with van der Waals surface area (Å²) < 4.78 is 0. The molecule has 0 aliphatic rings. The molecule has 0 unspecified atom stereocenters. The molecular weight excluding hydrogens is 332 g/mol. The summed E-state index contributed by atoms with van der Waals surface area (Å²) in [5, 5.41) is 7.03. The van der Waals surface area contributed by atoms with Crippen molar-refractivity contribution in [3.8, 4) is 11.1 Å². The van der Waals surface area contributed by atoms with Gasteiger partial charge in [0.05, 0.1) is 11.0 Å². The van der Waals surface area contributed by atoms with Gasteiger partial charge in [-0.25, -0.2) is 9.98 Å². The SMILES string of the molecule is CC(C)C(=[NH2+])SC(N)=Nc1ccc2nccc(-c3cccnc3)c2n1. The lowest BCUT2D eigenvalue weighted by Gasteiger charge is -2.06. The Kier molecular flexibility index (Phi) is 5.04. The summed E-state index contributed by atoms with van der Waals surface area (Å²) in [6, 6.07) is 9.48.